The Labute approximate surface area is 116 Å². The minimum Gasteiger partial charge on any atom is -0.473 e. The van der Waals surface area contributed by atoms with Crippen molar-refractivity contribution in [2.45, 2.75) is 18.9 Å². The van der Waals surface area contributed by atoms with Crippen molar-refractivity contribution < 1.29 is 14.6 Å². The highest BCUT2D eigenvalue weighted by molar-refractivity contribution is 7.99. The summed E-state index contributed by atoms with van der Waals surface area (Å²) < 4.78 is 5.79. The molecule has 0 radical (unpaired) electrons. The van der Waals surface area contributed by atoms with Gasteiger partial charge in [-0.05, 0) is 30.7 Å². The smallest absolute Gasteiger partial charge is 0.256 e. The molecule has 19 heavy (non-hydrogen) atoms. The zero-order chi connectivity index (χ0) is 13.5. The molecule has 1 unspecified atom stereocenters. The second kappa shape index (κ2) is 7.35. The van der Waals surface area contributed by atoms with Gasteiger partial charge in [-0.3, -0.25) is 4.79 Å². The second-order valence-corrected chi connectivity index (χ2v) is 5.44. The predicted molar refractivity (Wildman–Crippen MR) is 74.6 cm³/mol. The number of aliphatic hydroxyl groups is 1. The number of aromatic nitrogens is 1. The highest BCUT2D eigenvalue weighted by Gasteiger charge is 2.21. The minimum absolute atomic E-state index is 0.0655. The number of hydrogen-bond acceptors (Lipinski definition) is 5. The molecule has 104 valence electrons. The maximum atomic E-state index is 12.0. The van der Waals surface area contributed by atoms with Gasteiger partial charge in [0.25, 0.3) is 5.91 Å². The van der Waals surface area contributed by atoms with Crippen LogP contribution in [0.25, 0.3) is 0 Å². The monoisotopic (exact) mass is 282 g/mol. The van der Waals surface area contributed by atoms with E-state index in [1.165, 1.54) is 0 Å². The molecule has 0 aliphatic carbocycles. The normalized spacial score (nSPS) is 18.3. The third-order valence-corrected chi connectivity index (χ3v) is 3.93. The average molecular weight is 282 g/mol. The Bertz CT molecular complexity index is 422. The lowest BCUT2D eigenvalue weighted by Crippen LogP contribution is -2.27. The van der Waals surface area contributed by atoms with E-state index in [0.717, 1.165) is 17.9 Å². The Morgan fingerprint density at radius 3 is 3.26 bits per heavy atom. The summed E-state index contributed by atoms with van der Waals surface area (Å²) in [6.07, 6.45) is 3.31. The number of nitrogens with one attached hydrogen (secondary N) is 1. The molecule has 2 N–H and O–H groups in total. The van der Waals surface area contributed by atoms with Gasteiger partial charge in [0.2, 0.25) is 5.88 Å². The van der Waals surface area contributed by atoms with Crippen LogP contribution in [0.1, 0.15) is 23.2 Å². The van der Waals surface area contributed by atoms with Crippen molar-refractivity contribution in [2.75, 3.05) is 24.7 Å². The van der Waals surface area contributed by atoms with Crippen molar-refractivity contribution in [2.24, 2.45) is 0 Å². The van der Waals surface area contributed by atoms with Gasteiger partial charge in [0.1, 0.15) is 11.7 Å². The van der Waals surface area contributed by atoms with Crippen LogP contribution in [-0.2, 0) is 0 Å². The molecule has 1 amide bonds. The fraction of sp³-hybridized carbons (Fsp3) is 0.538. The number of hydrogen-bond donors (Lipinski definition) is 2. The van der Waals surface area contributed by atoms with Gasteiger partial charge in [-0.1, -0.05) is 0 Å². The van der Waals surface area contributed by atoms with Gasteiger partial charge in [-0.25, -0.2) is 4.98 Å². The molecule has 0 bridgehead atoms. The number of aliphatic hydroxyl groups excluding tert-OH is 1. The molecule has 0 saturated carbocycles. The van der Waals surface area contributed by atoms with E-state index in [-0.39, 0.29) is 18.6 Å². The van der Waals surface area contributed by atoms with Crippen LogP contribution in [-0.4, -0.2) is 46.8 Å². The summed E-state index contributed by atoms with van der Waals surface area (Å²) >= 11 is 1.85. The van der Waals surface area contributed by atoms with E-state index in [9.17, 15) is 4.79 Å². The van der Waals surface area contributed by atoms with E-state index in [1.54, 1.807) is 18.3 Å². The van der Waals surface area contributed by atoms with Gasteiger partial charge >= 0.3 is 0 Å². The molecule has 1 atom stereocenters. The van der Waals surface area contributed by atoms with E-state index < -0.39 is 0 Å². The van der Waals surface area contributed by atoms with Crippen LogP contribution in [0.15, 0.2) is 18.3 Å². The molecule has 1 saturated heterocycles. The lowest BCUT2D eigenvalue weighted by Gasteiger charge is -2.14. The molecule has 0 spiro atoms. The highest BCUT2D eigenvalue weighted by Crippen LogP contribution is 2.24. The summed E-state index contributed by atoms with van der Waals surface area (Å²) in [5.74, 6) is 2.23. The van der Waals surface area contributed by atoms with Gasteiger partial charge in [-0.2, -0.15) is 11.8 Å². The van der Waals surface area contributed by atoms with Gasteiger partial charge in [-0.15, -0.1) is 0 Å². The van der Waals surface area contributed by atoms with Crippen molar-refractivity contribution in [1.29, 1.82) is 0 Å². The number of ether oxygens (including phenoxy) is 1. The van der Waals surface area contributed by atoms with E-state index >= 15 is 0 Å². The van der Waals surface area contributed by atoms with Crippen molar-refractivity contribution in [3.05, 3.63) is 23.9 Å². The Kier molecular flexibility index (Phi) is 5.47. The number of amides is 1. The van der Waals surface area contributed by atoms with Crippen molar-refractivity contribution in [1.82, 2.24) is 10.3 Å². The van der Waals surface area contributed by atoms with E-state index in [0.29, 0.717) is 24.4 Å². The molecule has 2 rings (SSSR count). The van der Waals surface area contributed by atoms with Gasteiger partial charge in [0.15, 0.2) is 0 Å². The molecule has 5 nitrogen and oxygen atoms in total. The Morgan fingerprint density at radius 2 is 2.53 bits per heavy atom. The van der Waals surface area contributed by atoms with Crippen molar-refractivity contribution in [3.63, 3.8) is 0 Å². The Hall–Kier alpha value is -1.27. The summed E-state index contributed by atoms with van der Waals surface area (Å²) in [6, 6.07) is 3.43. The van der Waals surface area contributed by atoms with E-state index in [2.05, 4.69) is 10.3 Å². The number of carbonyl (C=O) groups excluding carboxylic acids is 1. The van der Waals surface area contributed by atoms with Crippen molar-refractivity contribution >= 4 is 17.7 Å². The second-order valence-electron chi connectivity index (χ2n) is 4.29. The van der Waals surface area contributed by atoms with E-state index in [1.807, 2.05) is 11.8 Å². The van der Waals surface area contributed by atoms with Crippen LogP contribution >= 0.6 is 11.8 Å². The number of pyridine rings is 1. The molecule has 1 aliphatic heterocycles. The van der Waals surface area contributed by atoms with Crippen molar-refractivity contribution in [3.8, 4) is 5.88 Å². The third-order valence-electron chi connectivity index (χ3n) is 2.80. The zero-order valence-electron chi connectivity index (χ0n) is 10.7. The number of carbonyl (C=O) groups is 1. The molecule has 1 aromatic rings. The fourth-order valence-electron chi connectivity index (χ4n) is 1.80. The maximum absolute atomic E-state index is 12.0. The van der Waals surface area contributed by atoms with Crippen LogP contribution < -0.4 is 10.1 Å². The van der Waals surface area contributed by atoms with E-state index in [4.69, 9.17) is 9.84 Å². The number of thioether (sulfide) groups is 1. The molecule has 1 aromatic heterocycles. The van der Waals surface area contributed by atoms with Crippen LogP contribution in [0.4, 0.5) is 0 Å². The lowest BCUT2D eigenvalue weighted by molar-refractivity contribution is 0.0943. The summed E-state index contributed by atoms with van der Waals surface area (Å²) in [5.41, 5.74) is 0.456. The molecule has 6 heteroatoms. The summed E-state index contributed by atoms with van der Waals surface area (Å²) in [7, 11) is 0. The fourth-order valence-corrected chi connectivity index (χ4v) is 2.89. The Morgan fingerprint density at radius 1 is 1.63 bits per heavy atom. The molecule has 1 fully saturated rings. The van der Waals surface area contributed by atoms with Crippen LogP contribution in [0, 0.1) is 0 Å². The minimum atomic E-state index is -0.206. The predicted octanol–water partition coefficient (Wildman–Crippen LogP) is 1.08. The standard InChI is InChI=1S/C13H18N2O3S/c16-7-2-6-14-12(17)11-3-1-5-15-13(11)18-10-4-8-19-9-10/h1,3,5,10,16H,2,4,6-9H2,(H,14,17). The lowest BCUT2D eigenvalue weighted by atomic mass is 10.2. The largest absolute Gasteiger partial charge is 0.473 e. The SMILES string of the molecule is O=C(NCCCO)c1cccnc1OC1CCSC1. The van der Waals surface area contributed by atoms with Gasteiger partial charge < -0.3 is 15.2 Å². The topological polar surface area (TPSA) is 71.5 Å². The first-order valence-corrected chi connectivity index (χ1v) is 7.55. The first kappa shape index (κ1) is 14.1. The molecule has 2 heterocycles. The third kappa shape index (κ3) is 4.11. The van der Waals surface area contributed by atoms with Gasteiger partial charge in [0, 0.05) is 25.1 Å². The molecular formula is C13H18N2O3S. The molecule has 1 aliphatic rings. The highest BCUT2D eigenvalue weighted by atomic mass is 32.2. The summed E-state index contributed by atoms with van der Waals surface area (Å²) in [4.78, 5) is 16.1. The van der Waals surface area contributed by atoms with Crippen LogP contribution in [0.2, 0.25) is 0 Å². The quantitative estimate of drug-likeness (QED) is 0.764. The Balaban J connectivity index is 2.00. The summed E-state index contributed by atoms with van der Waals surface area (Å²) in [5, 5.41) is 11.4. The average Bonchev–Trinajstić information content (AvgIpc) is 2.92. The maximum Gasteiger partial charge on any atom is 0.256 e. The summed E-state index contributed by atoms with van der Waals surface area (Å²) in [6.45, 7) is 0.513. The molecule has 0 aromatic carbocycles. The van der Waals surface area contributed by atoms with Crippen LogP contribution in [0.5, 0.6) is 5.88 Å². The zero-order valence-corrected chi connectivity index (χ0v) is 11.5. The van der Waals surface area contributed by atoms with Crippen LogP contribution in [0.3, 0.4) is 0 Å². The first-order valence-electron chi connectivity index (χ1n) is 6.39. The number of nitrogens with zero attached hydrogens (tertiary/aromatic N) is 1. The van der Waals surface area contributed by atoms with Gasteiger partial charge in [0.05, 0.1) is 0 Å². The first-order chi connectivity index (χ1) is 9.31. The number of rotatable bonds is 6. The molecular weight excluding hydrogens is 264 g/mol.